The Kier molecular flexibility index (Phi) is 4.32. The van der Waals surface area contributed by atoms with Crippen LogP contribution >= 0.6 is 0 Å². The Morgan fingerprint density at radius 2 is 1.84 bits per heavy atom. The lowest BCUT2D eigenvalue weighted by atomic mass is 9.92. The molecule has 0 amide bonds. The van der Waals surface area contributed by atoms with Gasteiger partial charge in [-0.15, -0.1) is 0 Å². The van der Waals surface area contributed by atoms with E-state index in [4.69, 9.17) is 5.73 Å². The Morgan fingerprint density at radius 3 is 2.47 bits per heavy atom. The highest BCUT2D eigenvalue weighted by atomic mass is 15.3. The molecule has 0 bridgehead atoms. The van der Waals surface area contributed by atoms with Crippen LogP contribution in [0.4, 0.5) is 0 Å². The number of hydrogen-bond acceptors (Lipinski definition) is 3. The molecule has 2 N–H and O–H groups in total. The minimum atomic E-state index is 0.0264. The summed E-state index contributed by atoms with van der Waals surface area (Å²) >= 11 is 0. The third kappa shape index (κ3) is 3.20. The second kappa shape index (κ2) is 5.97. The molecule has 102 valence electrons. The van der Waals surface area contributed by atoms with Gasteiger partial charge in [-0.3, -0.25) is 0 Å². The van der Waals surface area contributed by atoms with E-state index < -0.39 is 0 Å². The molecular weight excluding hydrogens is 236 g/mol. The molecule has 2 aromatic rings. The molecule has 19 heavy (non-hydrogen) atoms. The second-order valence-corrected chi connectivity index (χ2v) is 5.33. The molecular formula is C15H22N4. The summed E-state index contributed by atoms with van der Waals surface area (Å²) in [6.45, 7) is 6.39. The fraction of sp³-hybridized carbons (Fsp3) is 0.467. The van der Waals surface area contributed by atoms with Crippen LogP contribution < -0.4 is 5.73 Å². The minimum Gasteiger partial charge on any atom is -0.324 e. The molecule has 0 fully saturated rings. The standard InChI is InChI=1S/C15H22N4/c1-11(2)19-14(17-10-18-19)9-12(3)15(16)13-7-5-4-6-8-13/h4-8,10-12,15H,9,16H2,1-3H3. The van der Waals surface area contributed by atoms with Crippen LogP contribution in [0.3, 0.4) is 0 Å². The van der Waals surface area contributed by atoms with Crippen molar-refractivity contribution >= 4 is 0 Å². The fourth-order valence-electron chi connectivity index (χ4n) is 2.27. The number of aromatic nitrogens is 3. The van der Waals surface area contributed by atoms with E-state index in [1.165, 1.54) is 5.56 Å². The fourth-order valence-corrected chi connectivity index (χ4v) is 2.27. The number of nitrogens with two attached hydrogens (primary N) is 1. The van der Waals surface area contributed by atoms with E-state index in [0.717, 1.165) is 12.2 Å². The van der Waals surface area contributed by atoms with Gasteiger partial charge >= 0.3 is 0 Å². The van der Waals surface area contributed by atoms with Gasteiger partial charge in [0.1, 0.15) is 12.2 Å². The Labute approximate surface area is 114 Å². The highest BCUT2D eigenvalue weighted by Gasteiger charge is 2.18. The van der Waals surface area contributed by atoms with Gasteiger partial charge in [0.15, 0.2) is 0 Å². The molecule has 0 spiro atoms. The van der Waals surface area contributed by atoms with Crippen LogP contribution in [0.25, 0.3) is 0 Å². The van der Waals surface area contributed by atoms with Gasteiger partial charge in [-0.25, -0.2) is 9.67 Å². The summed E-state index contributed by atoms with van der Waals surface area (Å²) < 4.78 is 1.97. The second-order valence-electron chi connectivity index (χ2n) is 5.33. The minimum absolute atomic E-state index is 0.0264. The molecule has 1 aromatic heterocycles. The lowest BCUT2D eigenvalue weighted by Gasteiger charge is -2.20. The van der Waals surface area contributed by atoms with Gasteiger partial charge in [0.2, 0.25) is 0 Å². The van der Waals surface area contributed by atoms with Gasteiger partial charge in [0.05, 0.1) is 0 Å². The van der Waals surface area contributed by atoms with Crippen molar-refractivity contribution in [3.8, 4) is 0 Å². The van der Waals surface area contributed by atoms with Crippen LogP contribution in [0.15, 0.2) is 36.7 Å². The maximum atomic E-state index is 6.32. The monoisotopic (exact) mass is 258 g/mol. The highest BCUT2D eigenvalue weighted by Crippen LogP contribution is 2.22. The third-order valence-electron chi connectivity index (χ3n) is 3.44. The SMILES string of the molecule is CC(Cc1ncnn1C(C)C)C(N)c1ccccc1. The summed E-state index contributed by atoms with van der Waals surface area (Å²) in [5, 5.41) is 4.27. The summed E-state index contributed by atoms with van der Waals surface area (Å²) in [5.74, 6) is 1.33. The molecule has 0 aliphatic heterocycles. The van der Waals surface area contributed by atoms with Crippen molar-refractivity contribution in [2.75, 3.05) is 0 Å². The van der Waals surface area contributed by atoms with E-state index in [-0.39, 0.29) is 6.04 Å². The first-order valence-corrected chi connectivity index (χ1v) is 6.78. The molecule has 0 aliphatic rings. The quantitative estimate of drug-likeness (QED) is 0.897. The Hall–Kier alpha value is -1.68. The van der Waals surface area contributed by atoms with Crippen LogP contribution in [0.2, 0.25) is 0 Å². The first kappa shape index (κ1) is 13.7. The number of rotatable bonds is 5. The topological polar surface area (TPSA) is 56.7 Å². The smallest absolute Gasteiger partial charge is 0.138 e. The Bertz CT molecular complexity index is 504. The van der Waals surface area contributed by atoms with E-state index in [1.54, 1.807) is 6.33 Å². The molecule has 2 atom stereocenters. The van der Waals surface area contributed by atoms with Crippen LogP contribution in [0, 0.1) is 5.92 Å². The third-order valence-corrected chi connectivity index (χ3v) is 3.44. The summed E-state index contributed by atoms with van der Waals surface area (Å²) in [5.41, 5.74) is 7.50. The van der Waals surface area contributed by atoms with Crippen molar-refractivity contribution < 1.29 is 0 Å². The zero-order valence-corrected chi connectivity index (χ0v) is 11.8. The van der Waals surface area contributed by atoms with Gasteiger partial charge < -0.3 is 5.73 Å². The van der Waals surface area contributed by atoms with Crippen molar-refractivity contribution in [3.63, 3.8) is 0 Å². The van der Waals surface area contributed by atoms with Crippen molar-refractivity contribution in [1.82, 2.24) is 14.8 Å². The maximum Gasteiger partial charge on any atom is 0.138 e. The zero-order valence-electron chi connectivity index (χ0n) is 11.8. The average molecular weight is 258 g/mol. The molecule has 1 heterocycles. The van der Waals surface area contributed by atoms with E-state index in [0.29, 0.717) is 12.0 Å². The van der Waals surface area contributed by atoms with Crippen molar-refractivity contribution in [3.05, 3.63) is 48.0 Å². The van der Waals surface area contributed by atoms with E-state index in [2.05, 4.69) is 43.0 Å². The van der Waals surface area contributed by atoms with Crippen molar-refractivity contribution in [1.29, 1.82) is 0 Å². The van der Waals surface area contributed by atoms with Crippen LogP contribution in [0.5, 0.6) is 0 Å². The van der Waals surface area contributed by atoms with Crippen molar-refractivity contribution in [2.24, 2.45) is 11.7 Å². The van der Waals surface area contributed by atoms with E-state index in [1.807, 2.05) is 22.9 Å². The van der Waals surface area contributed by atoms with E-state index in [9.17, 15) is 0 Å². The molecule has 2 rings (SSSR count). The summed E-state index contributed by atoms with van der Waals surface area (Å²) in [6.07, 6.45) is 2.46. The lowest BCUT2D eigenvalue weighted by molar-refractivity contribution is 0.426. The molecule has 0 saturated carbocycles. The van der Waals surface area contributed by atoms with Gasteiger partial charge in [0, 0.05) is 18.5 Å². The first-order chi connectivity index (χ1) is 9.09. The van der Waals surface area contributed by atoms with Gasteiger partial charge in [0.25, 0.3) is 0 Å². The molecule has 0 aliphatic carbocycles. The van der Waals surface area contributed by atoms with Crippen LogP contribution in [-0.2, 0) is 6.42 Å². The lowest BCUT2D eigenvalue weighted by Crippen LogP contribution is -2.22. The molecule has 2 unspecified atom stereocenters. The first-order valence-electron chi connectivity index (χ1n) is 6.78. The van der Waals surface area contributed by atoms with Crippen molar-refractivity contribution in [2.45, 2.75) is 39.3 Å². The predicted molar refractivity (Wildman–Crippen MR) is 76.6 cm³/mol. The summed E-state index contributed by atoms with van der Waals surface area (Å²) in [7, 11) is 0. The summed E-state index contributed by atoms with van der Waals surface area (Å²) in [6, 6.07) is 10.6. The summed E-state index contributed by atoms with van der Waals surface area (Å²) in [4.78, 5) is 4.35. The van der Waals surface area contributed by atoms with Crippen LogP contribution in [0.1, 0.15) is 44.2 Å². The van der Waals surface area contributed by atoms with Gasteiger partial charge in [-0.1, -0.05) is 37.3 Å². The maximum absolute atomic E-state index is 6.32. The zero-order chi connectivity index (χ0) is 13.8. The molecule has 1 aromatic carbocycles. The number of hydrogen-bond donors (Lipinski definition) is 1. The molecule has 0 radical (unpaired) electrons. The largest absolute Gasteiger partial charge is 0.324 e. The van der Waals surface area contributed by atoms with Gasteiger partial charge in [-0.2, -0.15) is 5.10 Å². The highest BCUT2D eigenvalue weighted by molar-refractivity contribution is 5.19. The molecule has 0 saturated heterocycles. The van der Waals surface area contributed by atoms with Crippen LogP contribution in [-0.4, -0.2) is 14.8 Å². The van der Waals surface area contributed by atoms with Gasteiger partial charge in [-0.05, 0) is 25.3 Å². The molecule has 4 heteroatoms. The number of nitrogens with zero attached hydrogens (tertiary/aromatic N) is 3. The predicted octanol–water partition coefficient (Wildman–Crippen LogP) is 2.74. The number of benzene rings is 1. The Balaban J connectivity index is 2.08. The van der Waals surface area contributed by atoms with E-state index >= 15 is 0 Å². The molecule has 4 nitrogen and oxygen atoms in total. The Morgan fingerprint density at radius 1 is 1.16 bits per heavy atom. The average Bonchev–Trinajstić information content (AvgIpc) is 2.87. The normalized spacial score (nSPS) is 14.6.